The van der Waals surface area contributed by atoms with Gasteiger partial charge in [-0.15, -0.1) is 0 Å². The topological polar surface area (TPSA) is 38.9 Å². The van der Waals surface area contributed by atoms with E-state index in [2.05, 4.69) is 27.9 Å². The lowest BCUT2D eigenvalue weighted by Crippen LogP contribution is -2.02. The Balaban J connectivity index is 0.000000336. The van der Waals surface area contributed by atoms with Crippen molar-refractivity contribution in [2.24, 2.45) is 5.92 Å². The van der Waals surface area contributed by atoms with E-state index in [9.17, 15) is 0 Å². The second-order valence-electron chi connectivity index (χ2n) is 2.64. The minimum Gasteiger partial charge on any atom is -0.244 e. The first-order valence-electron chi connectivity index (χ1n) is 4.36. The third-order valence-electron chi connectivity index (χ3n) is 1.68. The molecule has 1 unspecified atom stereocenters. The zero-order valence-electron chi connectivity index (χ0n) is 7.74. The first-order chi connectivity index (χ1) is 5.86. The summed E-state index contributed by atoms with van der Waals surface area (Å²) >= 11 is 0. The summed E-state index contributed by atoms with van der Waals surface area (Å²) in [4.78, 5) is 0. The van der Waals surface area contributed by atoms with Crippen molar-refractivity contribution >= 4 is 6.08 Å². The monoisotopic (exact) mass is 166 g/mol. The van der Waals surface area contributed by atoms with Gasteiger partial charge in [-0.05, 0) is 12.0 Å². The molecule has 1 aliphatic rings. The molecule has 1 heterocycles. The first-order valence-corrected chi connectivity index (χ1v) is 4.36. The van der Waals surface area contributed by atoms with Gasteiger partial charge in [0.05, 0.1) is 0 Å². The van der Waals surface area contributed by atoms with Crippen molar-refractivity contribution in [1.29, 1.82) is 0 Å². The van der Waals surface area contributed by atoms with E-state index in [-0.39, 0.29) is 0 Å². The van der Waals surface area contributed by atoms with Gasteiger partial charge in [-0.1, -0.05) is 37.2 Å². The Morgan fingerprint density at radius 1 is 1.42 bits per heavy atom. The highest BCUT2D eigenvalue weighted by atomic mass is 16.6. The van der Waals surface area contributed by atoms with Gasteiger partial charge in [0.1, 0.15) is 11.4 Å². The number of aromatic nitrogens is 2. The number of nitrogens with zero attached hydrogens (tertiary/aromatic N) is 2. The van der Waals surface area contributed by atoms with E-state index >= 15 is 0 Å². The average molecular weight is 166 g/mol. The minimum absolute atomic E-state index is 0.569. The predicted octanol–water partition coefficient (Wildman–Crippen LogP) is 2.30. The number of hydrogen-bond donors (Lipinski definition) is 0. The Hall–Kier alpha value is -1.12. The van der Waals surface area contributed by atoms with Crippen LogP contribution in [0.15, 0.2) is 10.7 Å². The van der Waals surface area contributed by atoms with Crippen molar-refractivity contribution in [1.82, 2.24) is 10.3 Å². The SMILES string of the molecule is CC.CC1C=Cc2nonc2C1. The van der Waals surface area contributed by atoms with Crippen molar-refractivity contribution in [3.63, 3.8) is 0 Å². The molecule has 0 fully saturated rings. The Bertz CT molecular complexity index is 265. The molecule has 1 atom stereocenters. The fourth-order valence-corrected chi connectivity index (χ4v) is 1.11. The minimum atomic E-state index is 0.569. The number of fused-ring (bicyclic) bond motifs is 1. The van der Waals surface area contributed by atoms with Gasteiger partial charge in [-0.25, -0.2) is 4.63 Å². The van der Waals surface area contributed by atoms with Crippen LogP contribution in [0.25, 0.3) is 6.08 Å². The summed E-state index contributed by atoms with van der Waals surface area (Å²) in [5, 5.41) is 7.49. The van der Waals surface area contributed by atoms with Crippen LogP contribution in [0.1, 0.15) is 32.2 Å². The Morgan fingerprint density at radius 2 is 2.17 bits per heavy atom. The summed E-state index contributed by atoms with van der Waals surface area (Å²) < 4.78 is 4.56. The van der Waals surface area contributed by atoms with Crippen molar-refractivity contribution in [2.45, 2.75) is 27.2 Å². The molecular weight excluding hydrogens is 152 g/mol. The highest BCUT2D eigenvalue weighted by Gasteiger charge is 2.14. The fraction of sp³-hybridized carbons (Fsp3) is 0.556. The van der Waals surface area contributed by atoms with E-state index in [0.717, 1.165) is 17.8 Å². The van der Waals surface area contributed by atoms with Crippen LogP contribution in [0.4, 0.5) is 0 Å². The lowest BCUT2D eigenvalue weighted by Gasteiger charge is -2.06. The van der Waals surface area contributed by atoms with E-state index in [0.29, 0.717) is 5.92 Å². The second-order valence-corrected chi connectivity index (χ2v) is 2.64. The second kappa shape index (κ2) is 4.04. The quantitative estimate of drug-likeness (QED) is 0.593. The van der Waals surface area contributed by atoms with Crippen LogP contribution in [0.5, 0.6) is 0 Å². The van der Waals surface area contributed by atoms with Gasteiger partial charge in [-0.2, -0.15) is 0 Å². The molecule has 0 saturated carbocycles. The summed E-state index contributed by atoms with van der Waals surface area (Å²) in [6, 6.07) is 0. The van der Waals surface area contributed by atoms with E-state index in [4.69, 9.17) is 0 Å². The zero-order chi connectivity index (χ0) is 8.97. The van der Waals surface area contributed by atoms with Crippen LogP contribution in [0.3, 0.4) is 0 Å². The third kappa shape index (κ3) is 1.72. The van der Waals surface area contributed by atoms with Crippen molar-refractivity contribution in [2.75, 3.05) is 0 Å². The average Bonchev–Trinajstić information content (AvgIpc) is 2.54. The molecule has 0 bridgehead atoms. The normalized spacial score (nSPS) is 19.4. The first kappa shape index (κ1) is 8.97. The lowest BCUT2D eigenvalue weighted by molar-refractivity contribution is 0.302. The molecule has 12 heavy (non-hydrogen) atoms. The van der Waals surface area contributed by atoms with Gasteiger partial charge in [0, 0.05) is 6.42 Å². The van der Waals surface area contributed by atoms with Crippen LogP contribution in [-0.2, 0) is 6.42 Å². The van der Waals surface area contributed by atoms with Crippen LogP contribution < -0.4 is 0 Å². The maximum Gasteiger partial charge on any atom is 0.130 e. The van der Waals surface area contributed by atoms with Crippen molar-refractivity contribution in [3.05, 3.63) is 17.5 Å². The van der Waals surface area contributed by atoms with Crippen LogP contribution >= 0.6 is 0 Å². The van der Waals surface area contributed by atoms with Gasteiger partial charge < -0.3 is 0 Å². The van der Waals surface area contributed by atoms with E-state index < -0.39 is 0 Å². The smallest absolute Gasteiger partial charge is 0.130 e. The number of hydrogen-bond acceptors (Lipinski definition) is 3. The molecule has 1 aromatic heterocycles. The Kier molecular flexibility index (Phi) is 3.02. The molecule has 0 amide bonds. The third-order valence-corrected chi connectivity index (χ3v) is 1.68. The molecule has 0 aromatic carbocycles. The maximum absolute atomic E-state index is 4.56. The van der Waals surface area contributed by atoms with Crippen molar-refractivity contribution < 1.29 is 4.63 Å². The highest BCUT2D eigenvalue weighted by Crippen LogP contribution is 2.18. The summed E-state index contributed by atoms with van der Waals surface area (Å²) in [7, 11) is 0. The van der Waals surface area contributed by atoms with Gasteiger partial charge in [-0.3, -0.25) is 0 Å². The molecule has 66 valence electrons. The van der Waals surface area contributed by atoms with Gasteiger partial charge >= 0.3 is 0 Å². The molecule has 0 spiro atoms. The summed E-state index contributed by atoms with van der Waals surface area (Å²) in [5.41, 5.74) is 1.87. The number of rotatable bonds is 0. The molecule has 3 nitrogen and oxygen atoms in total. The molecular formula is C9H14N2O. The maximum atomic E-state index is 4.56. The Morgan fingerprint density at radius 3 is 2.92 bits per heavy atom. The van der Waals surface area contributed by atoms with Crippen LogP contribution in [-0.4, -0.2) is 10.3 Å². The van der Waals surface area contributed by atoms with Gasteiger partial charge in [0.2, 0.25) is 0 Å². The Labute approximate surface area is 72.4 Å². The van der Waals surface area contributed by atoms with Crippen LogP contribution in [0.2, 0.25) is 0 Å². The van der Waals surface area contributed by atoms with Crippen LogP contribution in [0, 0.1) is 5.92 Å². The highest BCUT2D eigenvalue weighted by molar-refractivity contribution is 5.49. The molecule has 0 saturated heterocycles. The molecule has 1 aromatic rings. The van der Waals surface area contributed by atoms with Crippen molar-refractivity contribution in [3.8, 4) is 0 Å². The summed E-state index contributed by atoms with van der Waals surface area (Å²) in [6.45, 7) is 6.15. The van der Waals surface area contributed by atoms with E-state index in [1.165, 1.54) is 0 Å². The summed E-state index contributed by atoms with van der Waals surface area (Å²) in [6.07, 6.45) is 5.03. The molecule has 0 N–H and O–H groups in total. The van der Waals surface area contributed by atoms with Gasteiger partial charge in [0.15, 0.2) is 0 Å². The molecule has 2 rings (SSSR count). The van der Waals surface area contributed by atoms with Gasteiger partial charge in [0.25, 0.3) is 0 Å². The molecule has 1 aliphatic carbocycles. The van der Waals surface area contributed by atoms with E-state index in [1.807, 2.05) is 19.9 Å². The predicted molar refractivity (Wildman–Crippen MR) is 47.5 cm³/mol. The largest absolute Gasteiger partial charge is 0.244 e. The standard InChI is InChI=1S/C7H8N2O.C2H6/c1-5-2-3-6-7(4-5)9-10-8-6;1-2/h2-3,5H,4H2,1H3;1-2H3. The molecule has 0 radical (unpaired) electrons. The zero-order valence-corrected chi connectivity index (χ0v) is 7.74. The molecule has 0 aliphatic heterocycles. The molecule has 3 heteroatoms. The van der Waals surface area contributed by atoms with E-state index in [1.54, 1.807) is 0 Å². The fourth-order valence-electron chi connectivity index (χ4n) is 1.11. The summed E-state index contributed by atoms with van der Waals surface area (Å²) in [5.74, 6) is 0.569. The lowest BCUT2D eigenvalue weighted by atomic mass is 9.99. The number of allylic oxidation sites excluding steroid dienone is 1.